The van der Waals surface area contributed by atoms with Crippen molar-refractivity contribution < 1.29 is 24.2 Å². The second kappa shape index (κ2) is 4.28. The molecule has 0 aliphatic carbocycles. The van der Waals surface area contributed by atoms with Crippen LogP contribution in [0.2, 0.25) is 0 Å². The first-order valence-corrected chi connectivity index (χ1v) is 4.24. The molecule has 0 aromatic rings. The normalized spacial score (nSPS) is 26.1. The first-order valence-electron chi connectivity index (χ1n) is 4.24. The van der Waals surface area contributed by atoms with Crippen molar-refractivity contribution in [3.8, 4) is 0 Å². The molecule has 1 rings (SSSR count). The average molecular weight is 203 g/mol. The fourth-order valence-electron chi connectivity index (χ4n) is 1.41. The second-order valence-electron chi connectivity index (χ2n) is 3.07. The summed E-state index contributed by atoms with van der Waals surface area (Å²) in [7, 11) is 1.23. The van der Waals surface area contributed by atoms with Gasteiger partial charge in [0.1, 0.15) is 12.3 Å². The molecule has 6 nitrogen and oxygen atoms in total. The lowest BCUT2D eigenvalue weighted by Crippen LogP contribution is -2.35. The van der Waals surface area contributed by atoms with E-state index >= 15 is 0 Å². The van der Waals surface area contributed by atoms with Crippen LogP contribution in [0.15, 0.2) is 0 Å². The van der Waals surface area contributed by atoms with Gasteiger partial charge in [0.2, 0.25) is 0 Å². The number of methoxy groups -OCH3 is 1. The number of amides is 1. The van der Waals surface area contributed by atoms with Crippen molar-refractivity contribution in [2.45, 2.75) is 25.7 Å². The van der Waals surface area contributed by atoms with Crippen molar-refractivity contribution in [3.63, 3.8) is 0 Å². The summed E-state index contributed by atoms with van der Waals surface area (Å²) >= 11 is 0. The molecule has 0 saturated carbocycles. The Labute approximate surface area is 81.4 Å². The SMILES string of the molecule is COC(=O)N1C[C@H](OC(C)=O)C[C@H]1O. The molecule has 6 heteroatoms. The highest BCUT2D eigenvalue weighted by Crippen LogP contribution is 2.19. The van der Waals surface area contributed by atoms with Gasteiger partial charge in [-0.3, -0.25) is 9.69 Å². The van der Waals surface area contributed by atoms with Crippen molar-refractivity contribution in [3.05, 3.63) is 0 Å². The number of carbonyl (C=O) groups is 2. The Bertz CT molecular complexity index is 242. The van der Waals surface area contributed by atoms with Crippen molar-refractivity contribution in [2.75, 3.05) is 13.7 Å². The van der Waals surface area contributed by atoms with Gasteiger partial charge >= 0.3 is 12.1 Å². The second-order valence-corrected chi connectivity index (χ2v) is 3.07. The van der Waals surface area contributed by atoms with Gasteiger partial charge in [0, 0.05) is 13.3 Å². The number of nitrogens with zero attached hydrogens (tertiary/aromatic N) is 1. The van der Waals surface area contributed by atoms with E-state index in [4.69, 9.17) is 4.74 Å². The number of hydrogen-bond donors (Lipinski definition) is 1. The Kier molecular flexibility index (Phi) is 3.29. The summed E-state index contributed by atoms with van der Waals surface area (Å²) in [6, 6.07) is 0. The van der Waals surface area contributed by atoms with E-state index in [0.717, 1.165) is 4.90 Å². The molecule has 0 bridgehead atoms. The minimum Gasteiger partial charge on any atom is -0.460 e. The maximum atomic E-state index is 11.1. The third kappa shape index (κ3) is 2.35. The van der Waals surface area contributed by atoms with Crippen molar-refractivity contribution in [1.29, 1.82) is 0 Å². The Hall–Kier alpha value is -1.30. The third-order valence-electron chi connectivity index (χ3n) is 1.98. The molecule has 1 N–H and O–H groups in total. The lowest BCUT2D eigenvalue weighted by Gasteiger charge is -2.17. The molecule has 0 aromatic carbocycles. The van der Waals surface area contributed by atoms with Crippen LogP contribution in [0.5, 0.6) is 0 Å². The maximum Gasteiger partial charge on any atom is 0.411 e. The van der Waals surface area contributed by atoms with Crippen LogP contribution in [0.1, 0.15) is 13.3 Å². The highest BCUT2D eigenvalue weighted by molar-refractivity contribution is 5.69. The highest BCUT2D eigenvalue weighted by Gasteiger charge is 2.36. The first-order chi connectivity index (χ1) is 6.54. The summed E-state index contributed by atoms with van der Waals surface area (Å²) in [6.45, 7) is 1.46. The third-order valence-corrected chi connectivity index (χ3v) is 1.98. The van der Waals surface area contributed by atoms with Crippen molar-refractivity contribution in [2.24, 2.45) is 0 Å². The van der Waals surface area contributed by atoms with E-state index in [0.29, 0.717) is 0 Å². The van der Waals surface area contributed by atoms with Crippen LogP contribution in [-0.4, -0.2) is 48.1 Å². The number of likely N-dealkylation sites (tertiary alicyclic amines) is 1. The average Bonchev–Trinajstić information content (AvgIpc) is 2.44. The molecule has 0 spiro atoms. The molecule has 14 heavy (non-hydrogen) atoms. The Morgan fingerprint density at radius 2 is 2.14 bits per heavy atom. The van der Waals surface area contributed by atoms with Gasteiger partial charge in [0.05, 0.1) is 13.7 Å². The van der Waals surface area contributed by atoms with Crippen LogP contribution >= 0.6 is 0 Å². The topological polar surface area (TPSA) is 76.1 Å². The number of esters is 1. The van der Waals surface area contributed by atoms with Gasteiger partial charge < -0.3 is 14.6 Å². The number of rotatable bonds is 1. The zero-order valence-electron chi connectivity index (χ0n) is 8.10. The molecule has 1 amide bonds. The maximum absolute atomic E-state index is 11.1. The number of ether oxygens (including phenoxy) is 2. The summed E-state index contributed by atoms with van der Waals surface area (Å²) in [4.78, 5) is 22.8. The van der Waals surface area contributed by atoms with Gasteiger partial charge in [-0.05, 0) is 0 Å². The fourth-order valence-corrected chi connectivity index (χ4v) is 1.41. The smallest absolute Gasteiger partial charge is 0.411 e. The van der Waals surface area contributed by atoms with Gasteiger partial charge in [-0.25, -0.2) is 4.79 Å². The van der Waals surface area contributed by atoms with Crippen LogP contribution < -0.4 is 0 Å². The van der Waals surface area contributed by atoms with Gasteiger partial charge in [-0.1, -0.05) is 0 Å². The summed E-state index contributed by atoms with van der Waals surface area (Å²) in [5, 5.41) is 9.41. The van der Waals surface area contributed by atoms with Crippen molar-refractivity contribution in [1.82, 2.24) is 4.90 Å². The minimum atomic E-state index is -0.938. The van der Waals surface area contributed by atoms with Crippen LogP contribution in [-0.2, 0) is 14.3 Å². The predicted octanol–water partition coefficient (Wildman–Crippen LogP) is -0.291. The summed E-state index contributed by atoms with van der Waals surface area (Å²) in [5.41, 5.74) is 0. The lowest BCUT2D eigenvalue weighted by molar-refractivity contribution is -0.145. The van der Waals surface area contributed by atoms with Gasteiger partial charge in [0.25, 0.3) is 0 Å². The fraction of sp³-hybridized carbons (Fsp3) is 0.750. The molecular formula is C8H13NO5. The number of carbonyl (C=O) groups excluding carboxylic acids is 2. The van der Waals surface area contributed by atoms with Crippen molar-refractivity contribution >= 4 is 12.1 Å². The van der Waals surface area contributed by atoms with Gasteiger partial charge in [-0.15, -0.1) is 0 Å². The molecule has 80 valence electrons. The molecule has 1 aliphatic heterocycles. The van der Waals surface area contributed by atoms with E-state index < -0.39 is 24.4 Å². The molecule has 1 aliphatic rings. The largest absolute Gasteiger partial charge is 0.460 e. The Balaban J connectivity index is 2.51. The summed E-state index contributed by atoms with van der Waals surface area (Å²) in [6.07, 6.45) is -1.77. The zero-order chi connectivity index (χ0) is 10.7. The number of hydrogen-bond acceptors (Lipinski definition) is 5. The molecule has 1 saturated heterocycles. The minimum absolute atomic E-state index is 0.174. The van der Waals surface area contributed by atoms with E-state index in [9.17, 15) is 14.7 Å². The molecular weight excluding hydrogens is 190 g/mol. The van der Waals surface area contributed by atoms with Gasteiger partial charge in [0.15, 0.2) is 0 Å². The Morgan fingerprint density at radius 3 is 2.64 bits per heavy atom. The van der Waals surface area contributed by atoms with E-state index in [2.05, 4.69) is 4.74 Å². The quantitative estimate of drug-likeness (QED) is 0.592. The molecule has 0 aromatic heterocycles. The lowest BCUT2D eigenvalue weighted by atomic mass is 10.3. The molecule has 1 fully saturated rings. The standard InChI is InChI=1S/C8H13NO5/c1-5(10)14-6-3-7(11)9(4-6)8(12)13-2/h6-7,11H,3-4H2,1-2H3/t6-,7-/m1/s1. The van der Waals surface area contributed by atoms with Crippen LogP contribution in [0.3, 0.4) is 0 Å². The first kappa shape index (κ1) is 10.8. The van der Waals surface area contributed by atoms with Crippen LogP contribution in [0.4, 0.5) is 4.79 Å². The number of aliphatic hydroxyl groups excluding tert-OH is 1. The molecule has 0 radical (unpaired) electrons. The molecule has 2 atom stereocenters. The van der Waals surface area contributed by atoms with E-state index in [1.165, 1.54) is 14.0 Å². The number of aliphatic hydroxyl groups is 1. The van der Waals surface area contributed by atoms with Crippen LogP contribution in [0, 0.1) is 0 Å². The molecule has 0 unspecified atom stereocenters. The summed E-state index contributed by atoms with van der Waals surface area (Å²) < 4.78 is 9.30. The Morgan fingerprint density at radius 1 is 1.50 bits per heavy atom. The monoisotopic (exact) mass is 203 g/mol. The van der Waals surface area contributed by atoms with Gasteiger partial charge in [-0.2, -0.15) is 0 Å². The summed E-state index contributed by atoms with van der Waals surface area (Å²) in [5.74, 6) is -0.422. The highest BCUT2D eigenvalue weighted by atomic mass is 16.6. The predicted molar refractivity (Wildman–Crippen MR) is 45.3 cm³/mol. The van der Waals surface area contributed by atoms with Crippen LogP contribution in [0.25, 0.3) is 0 Å². The molecule has 1 heterocycles. The van der Waals surface area contributed by atoms with E-state index in [1.807, 2.05) is 0 Å². The van der Waals surface area contributed by atoms with E-state index in [-0.39, 0.29) is 13.0 Å². The van der Waals surface area contributed by atoms with E-state index in [1.54, 1.807) is 0 Å². The zero-order valence-corrected chi connectivity index (χ0v) is 8.10.